The maximum Gasteiger partial charge on any atom is 0.0524 e. The zero-order chi connectivity index (χ0) is 12.4. The molecule has 2 nitrogen and oxygen atoms in total. The molecule has 0 spiro atoms. The van der Waals surface area contributed by atoms with Crippen molar-refractivity contribution < 1.29 is 5.11 Å². The van der Waals surface area contributed by atoms with Crippen molar-refractivity contribution in [3.63, 3.8) is 0 Å². The predicted molar refractivity (Wildman–Crippen MR) is 71.6 cm³/mol. The van der Waals surface area contributed by atoms with Crippen molar-refractivity contribution in [2.75, 3.05) is 13.1 Å². The fourth-order valence-electron chi connectivity index (χ4n) is 1.35. The van der Waals surface area contributed by atoms with E-state index in [1.807, 2.05) is 6.92 Å². The van der Waals surface area contributed by atoms with E-state index < -0.39 is 0 Å². The Morgan fingerprint density at radius 1 is 1.25 bits per heavy atom. The van der Waals surface area contributed by atoms with E-state index in [9.17, 15) is 0 Å². The van der Waals surface area contributed by atoms with E-state index in [2.05, 4.69) is 38.2 Å². The molecule has 0 saturated carbocycles. The molecule has 1 atom stereocenters. The minimum atomic E-state index is -0.199. The maximum absolute atomic E-state index is 9.07. The molecule has 0 fully saturated rings. The van der Waals surface area contributed by atoms with Gasteiger partial charge in [-0.05, 0) is 53.5 Å². The van der Waals surface area contributed by atoms with Crippen LogP contribution in [-0.2, 0) is 0 Å². The highest BCUT2D eigenvalue weighted by Gasteiger charge is 1.93. The number of hydrogen-bond acceptors (Lipinski definition) is 2. The summed E-state index contributed by atoms with van der Waals surface area (Å²) in [5.41, 5.74) is 2.82. The van der Waals surface area contributed by atoms with Crippen LogP contribution in [0.15, 0.2) is 23.3 Å². The number of aliphatic hydroxyl groups excluding tert-OH is 1. The van der Waals surface area contributed by atoms with Gasteiger partial charge in [-0.2, -0.15) is 0 Å². The van der Waals surface area contributed by atoms with Crippen molar-refractivity contribution in [2.45, 2.75) is 53.1 Å². The van der Waals surface area contributed by atoms with Gasteiger partial charge in [-0.25, -0.2) is 0 Å². The largest absolute Gasteiger partial charge is 0.393 e. The SMILES string of the molecule is CC(C)=CCCC(C)=CCNCCC(C)O. The summed E-state index contributed by atoms with van der Waals surface area (Å²) in [5, 5.41) is 12.4. The molecule has 0 aliphatic heterocycles. The Labute approximate surface area is 100 Å². The highest BCUT2D eigenvalue weighted by molar-refractivity contribution is 5.02. The van der Waals surface area contributed by atoms with Gasteiger partial charge >= 0.3 is 0 Å². The monoisotopic (exact) mass is 225 g/mol. The van der Waals surface area contributed by atoms with Crippen LogP contribution in [0.1, 0.15) is 47.0 Å². The van der Waals surface area contributed by atoms with Crippen LogP contribution in [0.2, 0.25) is 0 Å². The summed E-state index contributed by atoms with van der Waals surface area (Å²) in [5.74, 6) is 0. The Morgan fingerprint density at radius 3 is 2.50 bits per heavy atom. The van der Waals surface area contributed by atoms with Crippen LogP contribution in [0.25, 0.3) is 0 Å². The molecule has 0 saturated heterocycles. The molecule has 0 aromatic carbocycles. The zero-order valence-corrected chi connectivity index (χ0v) is 11.2. The normalized spacial score (nSPS) is 13.7. The van der Waals surface area contributed by atoms with Crippen LogP contribution >= 0.6 is 0 Å². The smallest absolute Gasteiger partial charge is 0.0524 e. The van der Waals surface area contributed by atoms with Gasteiger partial charge in [0, 0.05) is 6.54 Å². The summed E-state index contributed by atoms with van der Waals surface area (Å²) >= 11 is 0. The molecular weight excluding hydrogens is 198 g/mol. The summed E-state index contributed by atoms with van der Waals surface area (Å²) in [6, 6.07) is 0. The predicted octanol–water partition coefficient (Wildman–Crippen LogP) is 3.04. The third kappa shape index (κ3) is 11.5. The zero-order valence-electron chi connectivity index (χ0n) is 11.2. The van der Waals surface area contributed by atoms with Crippen LogP contribution in [0.3, 0.4) is 0 Å². The van der Waals surface area contributed by atoms with Gasteiger partial charge in [-0.15, -0.1) is 0 Å². The molecule has 0 amide bonds. The van der Waals surface area contributed by atoms with Gasteiger partial charge in [0.1, 0.15) is 0 Å². The van der Waals surface area contributed by atoms with Crippen molar-refractivity contribution in [2.24, 2.45) is 0 Å². The molecule has 16 heavy (non-hydrogen) atoms. The number of aliphatic hydroxyl groups is 1. The molecule has 0 bridgehead atoms. The van der Waals surface area contributed by atoms with Gasteiger partial charge in [0.25, 0.3) is 0 Å². The van der Waals surface area contributed by atoms with E-state index in [1.54, 1.807) is 0 Å². The molecule has 2 N–H and O–H groups in total. The van der Waals surface area contributed by atoms with Crippen molar-refractivity contribution in [3.8, 4) is 0 Å². The Kier molecular flexibility index (Phi) is 9.25. The van der Waals surface area contributed by atoms with Crippen LogP contribution in [-0.4, -0.2) is 24.3 Å². The van der Waals surface area contributed by atoms with Crippen molar-refractivity contribution >= 4 is 0 Å². The van der Waals surface area contributed by atoms with Crippen LogP contribution in [0.5, 0.6) is 0 Å². The lowest BCUT2D eigenvalue weighted by Gasteiger charge is -2.05. The van der Waals surface area contributed by atoms with E-state index in [-0.39, 0.29) is 6.10 Å². The maximum atomic E-state index is 9.07. The fraction of sp³-hybridized carbons (Fsp3) is 0.714. The van der Waals surface area contributed by atoms with Crippen molar-refractivity contribution in [1.29, 1.82) is 0 Å². The first kappa shape index (κ1) is 15.4. The summed E-state index contributed by atoms with van der Waals surface area (Å²) in [4.78, 5) is 0. The van der Waals surface area contributed by atoms with Gasteiger partial charge in [0.15, 0.2) is 0 Å². The third-order valence-electron chi connectivity index (χ3n) is 2.43. The standard InChI is InChI=1S/C14H27NO/c1-12(2)6-5-7-13(3)8-10-15-11-9-14(4)16/h6,8,14-16H,5,7,9-11H2,1-4H3. The third-order valence-corrected chi connectivity index (χ3v) is 2.43. The van der Waals surface area contributed by atoms with Crippen LogP contribution in [0, 0.1) is 0 Å². The van der Waals surface area contributed by atoms with Crippen LogP contribution in [0.4, 0.5) is 0 Å². The van der Waals surface area contributed by atoms with E-state index in [1.165, 1.54) is 11.1 Å². The summed E-state index contributed by atoms with van der Waals surface area (Å²) in [6.07, 6.45) is 7.42. The average Bonchev–Trinajstić information content (AvgIpc) is 2.16. The quantitative estimate of drug-likeness (QED) is 0.491. The second-order valence-corrected chi connectivity index (χ2v) is 4.71. The molecule has 0 aromatic rings. The Hall–Kier alpha value is -0.600. The molecule has 0 aliphatic rings. The second-order valence-electron chi connectivity index (χ2n) is 4.71. The number of nitrogens with one attached hydrogen (secondary N) is 1. The highest BCUT2D eigenvalue weighted by atomic mass is 16.3. The minimum absolute atomic E-state index is 0.199. The molecule has 1 unspecified atom stereocenters. The number of hydrogen-bond donors (Lipinski definition) is 2. The van der Waals surface area contributed by atoms with Crippen LogP contribution < -0.4 is 5.32 Å². The topological polar surface area (TPSA) is 32.3 Å². The van der Waals surface area contributed by atoms with Gasteiger partial charge in [-0.3, -0.25) is 0 Å². The molecule has 0 rings (SSSR count). The van der Waals surface area contributed by atoms with Crippen molar-refractivity contribution in [3.05, 3.63) is 23.3 Å². The average molecular weight is 225 g/mol. The summed E-state index contributed by atoms with van der Waals surface area (Å²) in [7, 11) is 0. The van der Waals surface area contributed by atoms with Gasteiger partial charge in [-0.1, -0.05) is 23.3 Å². The van der Waals surface area contributed by atoms with Gasteiger partial charge in [0.2, 0.25) is 0 Å². The Morgan fingerprint density at radius 2 is 1.94 bits per heavy atom. The molecule has 0 aromatic heterocycles. The first-order chi connectivity index (χ1) is 7.52. The van der Waals surface area contributed by atoms with E-state index in [0.717, 1.165) is 32.4 Å². The van der Waals surface area contributed by atoms with Crippen molar-refractivity contribution in [1.82, 2.24) is 5.32 Å². The number of allylic oxidation sites excluding steroid dienone is 3. The Balaban J connectivity index is 3.51. The lowest BCUT2D eigenvalue weighted by Crippen LogP contribution is -2.19. The molecule has 94 valence electrons. The van der Waals surface area contributed by atoms with Gasteiger partial charge in [0.05, 0.1) is 6.10 Å². The first-order valence-corrected chi connectivity index (χ1v) is 6.20. The lowest BCUT2D eigenvalue weighted by molar-refractivity contribution is 0.184. The Bertz CT molecular complexity index is 225. The molecular formula is C14H27NO. The molecule has 0 radical (unpaired) electrons. The fourth-order valence-corrected chi connectivity index (χ4v) is 1.35. The number of rotatable bonds is 8. The molecule has 2 heteroatoms. The van der Waals surface area contributed by atoms with E-state index >= 15 is 0 Å². The lowest BCUT2D eigenvalue weighted by atomic mass is 10.1. The van der Waals surface area contributed by atoms with E-state index in [0.29, 0.717) is 0 Å². The second kappa shape index (κ2) is 9.61. The highest BCUT2D eigenvalue weighted by Crippen LogP contribution is 2.05. The van der Waals surface area contributed by atoms with Gasteiger partial charge < -0.3 is 10.4 Å². The summed E-state index contributed by atoms with van der Waals surface area (Å²) < 4.78 is 0. The molecule has 0 heterocycles. The molecule has 0 aliphatic carbocycles. The minimum Gasteiger partial charge on any atom is -0.393 e. The summed E-state index contributed by atoms with van der Waals surface area (Å²) in [6.45, 7) is 10.1. The first-order valence-electron chi connectivity index (χ1n) is 6.20. The van der Waals surface area contributed by atoms with E-state index in [4.69, 9.17) is 5.11 Å².